The first-order valence-electron chi connectivity index (χ1n) is 6.52. The Morgan fingerprint density at radius 3 is 2.79 bits per heavy atom. The summed E-state index contributed by atoms with van der Waals surface area (Å²) in [6, 6.07) is -0.246. The molecule has 1 fully saturated rings. The van der Waals surface area contributed by atoms with Crippen LogP contribution in [-0.4, -0.2) is 46.9 Å². The van der Waals surface area contributed by atoms with Crippen LogP contribution in [-0.2, 0) is 4.74 Å². The molecule has 0 aliphatic carbocycles. The lowest BCUT2D eigenvalue weighted by Gasteiger charge is -2.38. The van der Waals surface area contributed by atoms with Gasteiger partial charge in [-0.2, -0.15) is 0 Å². The molecule has 1 amide bonds. The fourth-order valence-corrected chi connectivity index (χ4v) is 2.19. The van der Waals surface area contributed by atoms with E-state index in [4.69, 9.17) is 15.4 Å². The molecule has 1 aliphatic rings. The zero-order valence-electron chi connectivity index (χ0n) is 11.7. The van der Waals surface area contributed by atoms with Gasteiger partial charge in [0, 0.05) is 30.1 Å². The number of carbonyl (C=O) groups excluding carboxylic acids is 1. The molecule has 0 spiro atoms. The number of piperidine rings is 1. The predicted molar refractivity (Wildman–Crippen MR) is 70.6 cm³/mol. The molecule has 0 aromatic heterocycles. The van der Waals surface area contributed by atoms with Crippen LogP contribution in [0.5, 0.6) is 0 Å². The molecule has 0 bridgehead atoms. The maximum atomic E-state index is 12.1. The highest BCUT2D eigenvalue weighted by Crippen LogP contribution is 2.24. The fourth-order valence-electron chi connectivity index (χ4n) is 2.19. The lowest BCUT2D eigenvalue weighted by Crippen LogP contribution is -2.49. The Morgan fingerprint density at radius 1 is 1.58 bits per heavy atom. The van der Waals surface area contributed by atoms with Crippen LogP contribution < -0.4 is 0 Å². The molecule has 0 radical (unpaired) electrons. The maximum Gasteiger partial charge on any atom is 0.410 e. The van der Waals surface area contributed by atoms with Gasteiger partial charge in [0.1, 0.15) is 5.60 Å². The molecule has 1 aliphatic heterocycles. The Hall–Kier alpha value is -1.46. The van der Waals surface area contributed by atoms with Gasteiger partial charge in [-0.05, 0) is 45.6 Å². The maximum absolute atomic E-state index is 12.1. The van der Waals surface area contributed by atoms with Crippen LogP contribution in [0.15, 0.2) is 5.11 Å². The van der Waals surface area contributed by atoms with Crippen molar-refractivity contribution in [1.82, 2.24) is 4.90 Å². The zero-order chi connectivity index (χ0) is 14.5. The van der Waals surface area contributed by atoms with Gasteiger partial charge < -0.3 is 14.7 Å². The van der Waals surface area contributed by atoms with Crippen LogP contribution in [0.2, 0.25) is 0 Å². The highest BCUT2D eigenvalue weighted by molar-refractivity contribution is 5.68. The molecule has 7 heteroatoms. The summed E-state index contributed by atoms with van der Waals surface area (Å²) in [4.78, 5) is 16.5. The van der Waals surface area contributed by atoms with Gasteiger partial charge in [0.2, 0.25) is 0 Å². The number of nitrogens with zero attached hydrogens (tertiary/aromatic N) is 4. The van der Waals surface area contributed by atoms with Crippen LogP contribution in [0, 0.1) is 0 Å². The lowest BCUT2D eigenvalue weighted by atomic mass is 9.96. The van der Waals surface area contributed by atoms with E-state index in [1.807, 2.05) is 20.8 Å². The minimum absolute atomic E-state index is 0.00699. The van der Waals surface area contributed by atoms with E-state index >= 15 is 0 Å². The average Bonchev–Trinajstić information content (AvgIpc) is 2.27. The van der Waals surface area contributed by atoms with Crippen LogP contribution in [0.4, 0.5) is 4.79 Å². The first kappa shape index (κ1) is 15.6. The summed E-state index contributed by atoms with van der Waals surface area (Å²) in [7, 11) is 0. The third kappa shape index (κ3) is 4.96. The summed E-state index contributed by atoms with van der Waals surface area (Å²) in [6.45, 7) is 5.94. The highest BCUT2D eigenvalue weighted by Gasteiger charge is 2.33. The van der Waals surface area contributed by atoms with Gasteiger partial charge in [-0.15, -0.1) is 0 Å². The van der Waals surface area contributed by atoms with Crippen molar-refractivity contribution < 1.29 is 14.6 Å². The Kier molecular flexibility index (Phi) is 5.44. The van der Waals surface area contributed by atoms with Gasteiger partial charge in [-0.1, -0.05) is 5.11 Å². The number of rotatable bonds is 3. The number of likely N-dealkylation sites (tertiary alicyclic amines) is 1. The van der Waals surface area contributed by atoms with Crippen LogP contribution in [0.3, 0.4) is 0 Å². The molecule has 2 atom stereocenters. The van der Waals surface area contributed by atoms with E-state index in [-0.39, 0.29) is 24.8 Å². The summed E-state index contributed by atoms with van der Waals surface area (Å²) in [5, 5.41) is 12.8. The number of hydrogen-bond acceptors (Lipinski definition) is 4. The normalized spacial score (nSPS) is 23.7. The van der Waals surface area contributed by atoms with E-state index in [9.17, 15) is 4.79 Å². The van der Waals surface area contributed by atoms with Crippen LogP contribution >= 0.6 is 0 Å². The van der Waals surface area contributed by atoms with E-state index in [1.165, 1.54) is 0 Å². The molecular formula is C12H22N4O3. The number of aliphatic hydroxyl groups excluding tert-OH is 1. The molecule has 1 saturated heterocycles. The Balaban J connectivity index is 2.70. The Labute approximate surface area is 113 Å². The zero-order valence-corrected chi connectivity index (χ0v) is 11.7. The van der Waals surface area contributed by atoms with E-state index in [0.717, 1.165) is 0 Å². The molecule has 7 nitrogen and oxygen atoms in total. The molecule has 108 valence electrons. The third-order valence-corrected chi connectivity index (χ3v) is 2.99. The van der Waals surface area contributed by atoms with Gasteiger partial charge in [-0.3, -0.25) is 0 Å². The van der Waals surface area contributed by atoms with Crippen LogP contribution in [0.25, 0.3) is 10.4 Å². The topological polar surface area (TPSA) is 98.5 Å². The van der Waals surface area contributed by atoms with Crippen molar-refractivity contribution in [3.05, 3.63) is 10.4 Å². The van der Waals surface area contributed by atoms with Gasteiger partial charge in [0.15, 0.2) is 0 Å². The summed E-state index contributed by atoms with van der Waals surface area (Å²) >= 11 is 0. The summed E-state index contributed by atoms with van der Waals surface area (Å²) in [6.07, 6.45) is 1.30. The first-order valence-corrected chi connectivity index (χ1v) is 6.52. The molecule has 19 heavy (non-hydrogen) atoms. The molecule has 1 rings (SSSR count). The predicted octanol–water partition coefficient (Wildman–Crippen LogP) is 2.45. The average molecular weight is 270 g/mol. The number of azide groups is 1. The van der Waals surface area contributed by atoms with Gasteiger partial charge >= 0.3 is 6.09 Å². The van der Waals surface area contributed by atoms with Gasteiger partial charge in [-0.25, -0.2) is 4.79 Å². The van der Waals surface area contributed by atoms with Crippen molar-refractivity contribution in [1.29, 1.82) is 0 Å². The van der Waals surface area contributed by atoms with E-state index in [0.29, 0.717) is 25.8 Å². The number of ether oxygens (including phenoxy) is 1. The van der Waals surface area contributed by atoms with Crippen molar-refractivity contribution in [2.75, 3.05) is 13.2 Å². The minimum Gasteiger partial charge on any atom is -0.444 e. The highest BCUT2D eigenvalue weighted by atomic mass is 16.6. The van der Waals surface area contributed by atoms with Crippen molar-refractivity contribution in [3.63, 3.8) is 0 Å². The largest absolute Gasteiger partial charge is 0.444 e. The SMILES string of the molecule is CC(C)(C)OC(=O)N1CC[C@H](N=[N+]=[N-])C[C@H]1CCO. The smallest absolute Gasteiger partial charge is 0.410 e. The molecule has 0 saturated carbocycles. The molecule has 1 heterocycles. The second-order valence-electron chi connectivity index (χ2n) is 5.72. The number of hydrogen-bond donors (Lipinski definition) is 1. The first-order chi connectivity index (χ1) is 8.87. The summed E-state index contributed by atoms with van der Waals surface area (Å²) in [5.74, 6) is 0. The third-order valence-electron chi connectivity index (χ3n) is 2.99. The molecule has 0 aromatic rings. The minimum atomic E-state index is -0.539. The molecule has 1 N–H and O–H groups in total. The fraction of sp³-hybridized carbons (Fsp3) is 0.917. The van der Waals surface area contributed by atoms with Crippen LogP contribution in [0.1, 0.15) is 40.0 Å². The number of carbonyl (C=O) groups is 1. The van der Waals surface area contributed by atoms with E-state index < -0.39 is 5.60 Å². The number of aliphatic hydroxyl groups is 1. The van der Waals surface area contributed by atoms with Crippen molar-refractivity contribution in [3.8, 4) is 0 Å². The summed E-state index contributed by atoms with van der Waals surface area (Å²) < 4.78 is 5.35. The Bertz CT molecular complexity index is 360. The Morgan fingerprint density at radius 2 is 2.26 bits per heavy atom. The van der Waals surface area contributed by atoms with Crippen molar-refractivity contribution in [2.24, 2.45) is 5.11 Å². The molecular weight excluding hydrogens is 248 g/mol. The quantitative estimate of drug-likeness (QED) is 0.484. The second kappa shape index (κ2) is 6.63. The van der Waals surface area contributed by atoms with E-state index in [2.05, 4.69) is 10.0 Å². The summed E-state index contributed by atoms with van der Waals surface area (Å²) in [5.41, 5.74) is 7.93. The van der Waals surface area contributed by atoms with E-state index in [1.54, 1.807) is 4.90 Å². The van der Waals surface area contributed by atoms with Crippen molar-refractivity contribution >= 4 is 6.09 Å². The van der Waals surface area contributed by atoms with Gasteiger partial charge in [0.25, 0.3) is 0 Å². The lowest BCUT2D eigenvalue weighted by molar-refractivity contribution is 0.00541. The monoisotopic (exact) mass is 270 g/mol. The second-order valence-corrected chi connectivity index (χ2v) is 5.72. The molecule has 0 unspecified atom stereocenters. The number of amides is 1. The van der Waals surface area contributed by atoms with Crippen molar-refractivity contribution in [2.45, 2.75) is 57.7 Å². The standard InChI is InChI=1S/C12H22N4O3/c1-12(2,3)19-11(18)16-6-4-9(14-15-13)8-10(16)5-7-17/h9-10,17H,4-8H2,1-3H3/t9-,10+/m0/s1. The van der Waals surface area contributed by atoms with Gasteiger partial charge in [0.05, 0.1) is 0 Å². The molecule has 0 aromatic carbocycles.